The van der Waals surface area contributed by atoms with Crippen molar-refractivity contribution in [2.24, 2.45) is 11.7 Å². The molecule has 1 atom stereocenters. The van der Waals surface area contributed by atoms with E-state index < -0.39 is 6.04 Å². The van der Waals surface area contributed by atoms with Gasteiger partial charge in [-0.25, -0.2) is 0 Å². The summed E-state index contributed by atoms with van der Waals surface area (Å²) < 4.78 is 5.53. The van der Waals surface area contributed by atoms with Crippen LogP contribution in [0.15, 0.2) is 24.3 Å². The highest BCUT2D eigenvalue weighted by atomic mass is 35.5. The number of nitrogens with zero attached hydrogens (tertiary/aromatic N) is 2. The summed E-state index contributed by atoms with van der Waals surface area (Å²) in [4.78, 5) is 39.7. The number of carbonyl (C=O) groups is 3. The van der Waals surface area contributed by atoms with Gasteiger partial charge < -0.3 is 25.6 Å². The standard InChI is InChI=1S/C20H30N4O4.ClH/c1-14(2)19(21)20(27)22-12-17(25)23-8-10-24(11-9-23)18(26)13-28-16-6-4-15(3)5-7-16;/h4-7,14,19H,8-13,21H2,1-3H3,(H,22,27);1H/t19-;/m0./s1. The van der Waals surface area contributed by atoms with Crippen LogP contribution in [0.1, 0.15) is 19.4 Å². The summed E-state index contributed by atoms with van der Waals surface area (Å²) in [5, 5.41) is 2.58. The molecule has 3 N–H and O–H groups in total. The smallest absolute Gasteiger partial charge is 0.260 e. The van der Waals surface area contributed by atoms with Gasteiger partial charge in [0.15, 0.2) is 6.61 Å². The molecule has 3 amide bonds. The molecule has 0 bridgehead atoms. The van der Waals surface area contributed by atoms with Crippen molar-refractivity contribution in [3.05, 3.63) is 29.8 Å². The van der Waals surface area contributed by atoms with Crippen molar-refractivity contribution in [2.75, 3.05) is 39.3 Å². The summed E-state index contributed by atoms with van der Waals surface area (Å²) >= 11 is 0. The first-order chi connectivity index (χ1) is 13.3. The topological polar surface area (TPSA) is 105 Å². The summed E-state index contributed by atoms with van der Waals surface area (Å²) in [7, 11) is 0. The van der Waals surface area contributed by atoms with Crippen LogP contribution in [0.4, 0.5) is 0 Å². The minimum absolute atomic E-state index is 0. The monoisotopic (exact) mass is 426 g/mol. The third-order valence-corrected chi connectivity index (χ3v) is 4.80. The van der Waals surface area contributed by atoms with Crippen LogP contribution < -0.4 is 15.8 Å². The van der Waals surface area contributed by atoms with Gasteiger partial charge in [-0.15, -0.1) is 12.4 Å². The number of ether oxygens (including phenoxy) is 1. The van der Waals surface area contributed by atoms with Gasteiger partial charge in [0.1, 0.15) is 5.75 Å². The molecule has 2 rings (SSSR count). The second-order valence-electron chi connectivity index (χ2n) is 7.35. The van der Waals surface area contributed by atoms with E-state index in [0.717, 1.165) is 5.56 Å². The predicted molar refractivity (Wildman–Crippen MR) is 113 cm³/mol. The summed E-state index contributed by atoms with van der Waals surface area (Å²) in [5.74, 6) is 0.0523. The van der Waals surface area contributed by atoms with Crippen LogP contribution >= 0.6 is 12.4 Å². The molecule has 0 radical (unpaired) electrons. The average Bonchev–Trinajstić information content (AvgIpc) is 2.70. The quantitative estimate of drug-likeness (QED) is 0.663. The number of rotatable bonds is 7. The molecule has 1 heterocycles. The Hall–Kier alpha value is -2.32. The fraction of sp³-hybridized carbons (Fsp3) is 0.550. The lowest BCUT2D eigenvalue weighted by Gasteiger charge is -2.34. The zero-order valence-corrected chi connectivity index (χ0v) is 18.0. The van der Waals surface area contributed by atoms with Gasteiger partial charge in [0, 0.05) is 26.2 Å². The van der Waals surface area contributed by atoms with E-state index in [9.17, 15) is 14.4 Å². The van der Waals surface area contributed by atoms with Crippen molar-refractivity contribution in [1.29, 1.82) is 0 Å². The molecule has 1 saturated heterocycles. The lowest BCUT2D eigenvalue weighted by Crippen LogP contribution is -2.54. The number of carbonyl (C=O) groups excluding carboxylic acids is 3. The Labute approximate surface area is 178 Å². The van der Waals surface area contributed by atoms with E-state index in [-0.39, 0.29) is 49.2 Å². The first kappa shape index (κ1) is 24.7. The number of hydrogen-bond donors (Lipinski definition) is 2. The van der Waals surface area contributed by atoms with E-state index in [0.29, 0.717) is 31.9 Å². The number of amides is 3. The first-order valence-electron chi connectivity index (χ1n) is 9.56. The van der Waals surface area contributed by atoms with Crippen molar-refractivity contribution in [2.45, 2.75) is 26.8 Å². The van der Waals surface area contributed by atoms with Gasteiger partial charge in [-0.2, -0.15) is 0 Å². The lowest BCUT2D eigenvalue weighted by atomic mass is 10.1. The third-order valence-electron chi connectivity index (χ3n) is 4.80. The van der Waals surface area contributed by atoms with E-state index in [1.54, 1.807) is 9.80 Å². The molecule has 1 aromatic rings. The molecule has 9 heteroatoms. The Kier molecular flexibility index (Phi) is 9.91. The van der Waals surface area contributed by atoms with Crippen LogP contribution in [0.3, 0.4) is 0 Å². The fourth-order valence-electron chi connectivity index (χ4n) is 2.77. The molecular weight excluding hydrogens is 396 g/mol. The maximum atomic E-state index is 12.3. The van der Waals surface area contributed by atoms with Crippen LogP contribution in [0.25, 0.3) is 0 Å². The molecule has 8 nitrogen and oxygen atoms in total. The summed E-state index contributed by atoms with van der Waals surface area (Å²) in [6.45, 7) is 7.34. The highest BCUT2D eigenvalue weighted by molar-refractivity contribution is 5.87. The van der Waals surface area contributed by atoms with Gasteiger partial charge in [0.25, 0.3) is 5.91 Å². The molecule has 0 saturated carbocycles. The van der Waals surface area contributed by atoms with Gasteiger partial charge in [-0.1, -0.05) is 31.5 Å². The number of piperazine rings is 1. The second-order valence-corrected chi connectivity index (χ2v) is 7.35. The fourth-order valence-corrected chi connectivity index (χ4v) is 2.77. The van der Waals surface area contributed by atoms with E-state index in [1.165, 1.54) is 0 Å². The van der Waals surface area contributed by atoms with E-state index in [4.69, 9.17) is 10.5 Å². The maximum absolute atomic E-state index is 12.3. The Bertz CT molecular complexity index is 688. The summed E-state index contributed by atoms with van der Waals surface area (Å²) in [6, 6.07) is 6.89. The van der Waals surface area contributed by atoms with E-state index in [1.807, 2.05) is 45.0 Å². The molecule has 0 aliphatic carbocycles. The highest BCUT2D eigenvalue weighted by Gasteiger charge is 2.25. The zero-order chi connectivity index (χ0) is 20.7. The molecule has 1 aromatic carbocycles. The minimum Gasteiger partial charge on any atom is -0.484 e. The molecule has 1 fully saturated rings. The third kappa shape index (κ3) is 7.55. The summed E-state index contributed by atoms with van der Waals surface area (Å²) in [5.41, 5.74) is 6.89. The zero-order valence-electron chi connectivity index (χ0n) is 17.2. The largest absolute Gasteiger partial charge is 0.484 e. The van der Waals surface area contributed by atoms with Crippen LogP contribution in [0.5, 0.6) is 5.75 Å². The van der Waals surface area contributed by atoms with Crippen LogP contribution in [-0.4, -0.2) is 72.9 Å². The molecule has 1 aliphatic heterocycles. The van der Waals surface area contributed by atoms with Crippen molar-refractivity contribution in [3.63, 3.8) is 0 Å². The van der Waals surface area contributed by atoms with E-state index >= 15 is 0 Å². The molecule has 0 unspecified atom stereocenters. The molecular formula is C20H31ClN4O4. The highest BCUT2D eigenvalue weighted by Crippen LogP contribution is 2.12. The predicted octanol–water partition coefficient (Wildman–Crippen LogP) is 0.566. The number of hydrogen-bond acceptors (Lipinski definition) is 5. The lowest BCUT2D eigenvalue weighted by molar-refractivity contribution is -0.140. The van der Waals surface area contributed by atoms with Gasteiger partial charge in [0.05, 0.1) is 12.6 Å². The average molecular weight is 427 g/mol. The van der Waals surface area contributed by atoms with Crippen LogP contribution in [0.2, 0.25) is 0 Å². The van der Waals surface area contributed by atoms with Crippen LogP contribution in [-0.2, 0) is 14.4 Å². The minimum atomic E-state index is -0.629. The SMILES string of the molecule is Cc1ccc(OCC(=O)N2CCN(C(=O)CNC(=O)[C@@H](N)C(C)C)CC2)cc1.Cl. The van der Waals surface area contributed by atoms with Crippen molar-refractivity contribution < 1.29 is 19.1 Å². The number of aryl methyl sites for hydroxylation is 1. The number of halogens is 1. The Morgan fingerprint density at radius 1 is 1.03 bits per heavy atom. The number of nitrogens with one attached hydrogen (secondary N) is 1. The molecule has 0 spiro atoms. The molecule has 1 aliphatic rings. The number of nitrogens with two attached hydrogens (primary N) is 1. The number of benzene rings is 1. The van der Waals surface area contributed by atoms with Crippen molar-refractivity contribution in [3.8, 4) is 5.75 Å². The summed E-state index contributed by atoms with van der Waals surface area (Å²) in [6.07, 6.45) is 0. The van der Waals surface area contributed by atoms with Gasteiger partial charge in [-0.05, 0) is 25.0 Å². The van der Waals surface area contributed by atoms with Gasteiger partial charge in [0.2, 0.25) is 11.8 Å². The Balaban J connectivity index is 0.00000420. The maximum Gasteiger partial charge on any atom is 0.260 e. The first-order valence-corrected chi connectivity index (χ1v) is 9.56. The van der Waals surface area contributed by atoms with E-state index in [2.05, 4.69) is 5.32 Å². The normalized spacial score (nSPS) is 14.8. The molecule has 0 aromatic heterocycles. The molecule has 29 heavy (non-hydrogen) atoms. The second kappa shape index (κ2) is 11.6. The Morgan fingerprint density at radius 2 is 1.55 bits per heavy atom. The molecule has 162 valence electrons. The van der Waals surface area contributed by atoms with Crippen LogP contribution in [0, 0.1) is 12.8 Å². The Morgan fingerprint density at radius 3 is 2.07 bits per heavy atom. The van der Waals surface area contributed by atoms with Crippen molar-refractivity contribution in [1.82, 2.24) is 15.1 Å². The van der Waals surface area contributed by atoms with Crippen molar-refractivity contribution >= 4 is 30.1 Å². The van der Waals surface area contributed by atoms with Gasteiger partial charge >= 0.3 is 0 Å². The van der Waals surface area contributed by atoms with Gasteiger partial charge in [-0.3, -0.25) is 14.4 Å².